The van der Waals surface area contributed by atoms with Crippen molar-refractivity contribution in [3.05, 3.63) is 37.3 Å². The van der Waals surface area contributed by atoms with E-state index in [9.17, 15) is 9.18 Å². The van der Waals surface area contributed by atoms with Gasteiger partial charge in [0.25, 0.3) is 0 Å². The molecule has 0 saturated carbocycles. The molecule has 0 aromatic carbocycles. The maximum atomic E-state index is 13.2. The van der Waals surface area contributed by atoms with E-state index in [-0.39, 0.29) is 26.8 Å². The average molecular weight is 337 g/mol. The third-order valence-corrected chi connectivity index (χ3v) is 4.49. The van der Waals surface area contributed by atoms with Gasteiger partial charge in [-0.3, -0.25) is 0 Å². The summed E-state index contributed by atoms with van der Waals surface area (Å²) in [6.07, 6.45) is 3.58. The van der Waals surface area contributed by atoms with Gasteiger partial charge in [-0.25, -0.2) is 0 Å². The molecule has 0 N–H and O–H groups in total. The number of hydrogen-bond donors (Lipinski definition) is 0. The predicted octanol–water partition coefficient (Wildman–Crippen LogP) is -2.27. The van der Waals surface area contributed by atoms with Crippen molar-refractivity contribution in [3.63, 3.8) is 0 Å². The molecule has 0 bridgehead atoms. The Labute approximate surface area is 100 Å². The quantitative estimate of drug-likeness (QED) is 0.329. The number of aldehydes is 1. The van der Waals surface area contributed by atoms with Crippen LogP contribution >= 0.6 is 11.6 Å². The van der Waals surface area contributed by atoms with E-state index >= 15 is 0 Å². The molecule has 2 rings (SSSR count). The normalized spacial score (nSPS) is 14.7. The molecular weight excluding hydrogens is 331 g/mol. The van der Waals surface area contributed by atoms with Crippen molar-refractivity contribution in [2.45, 2.75) is 0 Å². The number of nitrogens with zero attached hydrogens (tertiary/aromatic N) is 1. The Morgan fingerprint density at radius 2 is 2.27 bits per heavy atom. The Bertz CT molecular complexity index is 568. The van der Waals surface area contributed by atoms with E-state index in [2.05, 4.69) is 4.98 Å². The van der Waals surface area contributed by atoms with Crippen LogP contribution in [0.4, 0.5) is 4.39 Å². The van der Waals surface area contributed by atoms with Crippen LogP contribution in [0, 0.1) is 5.95 Å². The van der Waals surface area contributed by atoms with Crippen molar-refractivity contribution in [1.29, 1.82) is 0 Å². The van der Waals surface area contributed by atoms with Crippen LogP contribution in [0.2, 0.25) is 0 Å². The van der Waals surface area contributed by atoms with E-state index in [4.69, 9.17) is 11.6 Å². The number of rotatable bonds is 1. The second-order valence-electron chi connectivity index (χ2n) is 2.82. The van der Waals surface area contributed by atoms with Crippen molar-refractivity contribution < 1.29 is 30.4 Å². The summed E-state index contributed by atoms with van der Waals surface area (Å²) in [6.45, 7) is 0. The monoisotopic (exact) mass is 336 g/mol. The van der Waals surface area contributed by atoms with Crippen molar-refractivity contribution in [3.8, 4) is 0 Å². The zero-order valence-corrected chi connectivity index (χ0v) is 10.3. The fourth-order valence-corrected chi connectivity index (χ4v) is 3.41. The molecule has 0 saturated heterocycles. The number of fused-ring (bicyclic) bond motifs is 1. The Kier molecular flexibility index (Phi) is 3.16. The minimum absolute atomic E-state index is 0.0169. The molecule has 1 aromatic heterocycles. The summed E-state index contributed by atoms with van der Waals surface area (Å²) in [5, 5.41) is 1.91. The minimum atomic E-state index is -0.726. The van der Waals surface area contributed by atoms with E-state index in [1.807, 2.05) is 8.17 Å². The van der Waals surface area contributed by atoms with Gasteiger partial charge in [0.1, 0.15) is 0 Å². The SMILES string of the molecule is O=Cc1c(F)ncc2c1=C[I-]C=C(Cl)C=2. The molecule has 1 aliphatic rings. The van der Waals surface area contributed by atoms with Gasteiger partial charge in [-0.05, 0) is 0 Å². The Morgan fingerprint density at radius 1 is 1.47 bits per heavy atom. The summed E-state index contributed by atoms with van der Waals surface area (Å²) in [7, 11) is 0. The second kappa shape index (κ2) is 4.40. The van der Waals surface area contributed by atoms with Gasteiger partial charge in [0.2, 0.25) is 0 Å². The molecule has 0 atom stereocenters. The average Bonchev–Trinajstić information content (AvgIpc) is 2.39. The third-order valence-electron chi connectivity index (χ3n) is 1.89. The first-order valence-electron chi connectivity index (χ1n) is 4.01. The Hall–Kier alpha value is -0.750. The van der Waals surface area contributed by atoms with Gasteiger partial charge in [-0.15, -0.1) is 0 Å². The fourth-order valence-electron chi connectivity index (χ4n) is 1.22. The zero-order valence-electron chi connectivity index (χ0n) is 7.38. The number of pyridine rings is 1. The summed E-state index contributed by atoms with van der Waals surface area (Å²) in [5.41, 5.74) is 0.0169. The number of carbonyl (C=O) groups is 1. The molecule has 78 valence electrons. The molecule has 2 nitrogen and oxygen atoms in total. The van der Waals surface area contributed by atoms with Gasteiger partial charge in [-0.1, -0.05) is 0 Å². The third kappa shape index (κ3) is 2.10. The van der Waals surface area contributed by atoms with E-state index in [0.29, 0.717) is 21.8 Å². The summed E-state index contributed by atoms with van der Waals surface area (Å²) in [4.78, 5) is 14.3. The summed E-state index contributed by atoms with van der Waals surface area (Å²) >= 11 is 5.51. The molecule has 0 aliphatic carbocycles. The van der Waals surface area contributed by atoms with Gasteiger partial charge in [0, 0.05) is 0 Å². The number of allylic oxidation sites excluding steroid dienone is 1. The van der Waals surface area contributed by atoms with Gasteiger partial charge in [-0.2, -0.15) is 0 Å². The standard InChI is InChI=1S/C10H5ClFINO/c11-7-1-6-4-14-10(12)9(5-15)8(6)3-13-2-7/h1-5H/q-1. The van der Waals surface area contributed by atoms with Crippen molar-refractivity contribution in [2.24, 2.45) is 0 Å². The topological polar surface area (TPSA) is 30.0 Å². The van der Waals surface area contributed by atoms with E-state index in [1.54, 1.807) is 6.08 Å². The molecule has 0 fully saturated rings. The number of hydrogen-bond acceptors (Lipinski definition) is 2. The van der Waals surface area contributed by atoms with E-state index in [1.165, 1.54) is 6.20 Å². The van der Waals surface area contributed by atoms with E-state index < -0.39 is 5.95 Å². The molecule has 1 aromatic rings. The zero-order chi connectivity index (χ0) is 10.8. The van der Waals surface area contributed by atoms with Crippen molar-refractivity contribution in [1.82, 2.24) is 4.98 Å². The molecule has 15 heavy (non-hydrogen) atoms. The van der Waals surface area contributed by atoms with Gasteiger partial charge >= 0.3 is 101 Å². The maximum absolute atomic E-state index is 13.2. The first kappa shape index (κ1) is 10.8. The molecule has 2 heterocycles. The first-order valence-corrected chi connectivity index (χ1v) is 6.88. The number of halogens is 3. The van der Waals surface area contributed by atoms with Crippen LogP contribution in [0.5, 0.6) is 0 Å². The van der Waals surface area contributed by atoms with E-state index in [0.717, 1.165) is 0 Å². The molecule has 0 unspecified atom stereocenters. The van der Waals surface area contributed by atoms with Crippen molar-refractivity contribution in [2.75, 3.05) is 0 Å². The van der Waals surface area contributed by atoms with Crippen LogP contribution in [0.15, 0.2) is 15.3 Å². The van der Waals surface area contributed by atoms with Crippen LogP contribution in [0.1, 0.15) is 10.4 Å². The van der Waals surface area contributed by atoms with Gasteiger partial charge in [0.15, 0.2) is 0 Å². The Morgan fingerprint density at radius 3 is 3.00 bits per heavy atom. The molecule has 0 radical (unpaired) electrons. The van der Waals surface area contributed by atoms with Crippen LogP contribution in [-0.4, -0.2) is 11.3 Å². The summed E-state index contributed by atoms with van der Waals surface area (Å²) < 4.78 is 17.0. The fraction of sp³-hybridized carbons (Fsp3) is 0. The van der Waals surface area contributed by atoms with Crippen LogP contribution < -0.4 is 31.6 Å². The first-order chi connectivity index (χ1) is 7.22. The number of carbonyl (C=O) groups excluding carboxylic acids is 1. The van der Waals surface area contributed by atoms with Crippen LogP contribution in [-0.2, 0) is 0 Å². The summed E-state index contributed by atoms with van der Waals surface area (Å²) in [5.74, 6) is -0.726. The van der Waals surface area contributed by atoms with Crippen molar-refractivity contribution >= 4 is 28.0 Å². The van der Waals surface area contributed by atoms with Crippen LogP contribution in [0.3, 0.4) is 0 Å². The summed E-state index contributed by atoms with van der Waals surface area (Å²) in [6, 6.07) is 0. The van der Waals surface area contributed by atoms with Gasteiger partial charge in [0.05, 0.1) is 0 Å². The van der Waals surface area contributed by atoms with Gasteiger partial charge < -0.3 is 0 Å². The predicted molar refractivity (Wildman–Crippen MR) is 51.7 cm³/mol. The molecule has 0 spiro atoms. The molecular formula is C10H5ClFINO-. The molecule has 0 amide bonds. The molecule has 1 aliphatic heterocycles. The Balaban J connectivity index is 2.86. The second-order valence-corrected chi connectivity index (χ2v) is 5.22. The van der Waals surface area contributed by atoms with Crippen LogP contribution in [0.25, 0.3) is 10.2 Å². The molecule has 5 heteroatoms. The number of aromatic nitrogens is 1.